The number of morpholine rings is 1. The van der Waals surface area contributed by atoms with Crippen LogP contribution in [0.25, 0.3) is 0 Å². The van der Waals surface area contributed by atoms with Crippen molar-refractivity contribution in [1.29, 1.82) is 0 Å². The average Bonchev–Trinajstić information content (AvgIpc) is 2.46. The van der Waals surface area contributed by atoms with E-state index in [1.54, 1.807) is 0 Å². The molecule has 1 aliphatic heterocycles. The van der Waals surface area contributed by atoms with E-state index >= 15 is 0 Å². The van der Waals surface area contributed by atoms with Gasteiger partial charge in [0, 0.05) is 29.8 Å². The molecule has 1 fully saturated rings. The fraction of sp³-hybridized carbons (Fsp3) is 0.600. The lowest BCUT2D eigenvalue weighted by atomic mass is 10.1. The molecule has 3 nitrogen and oxygen atoms in total. The summed E-state index contributed by atoms with van der Waals surface area (Å²) in [5, 5.41) is 3.53. The molecule has 2 rings (SSSR count). The Morgan fingerprint density at radius 2 is 2.26 bits per heavy atom. The number of hydrogen-bond donors (Lipinski definition) is 1. The lowest BCUT2D eigenvalue weighted by molar-refractivity contribution is -0.0191. The Morgan fingerprint density at radius 3 is 3.00 bits per heavy atom. The van der Waals surface area contributed by atoms with Gasteiger partial charge in [0.05, 0.1) is 12.7 Å². The summed E-state index contributed by atoms with van der Waals surface area (Å²) in [7, 11) is 0. The molecule has 0 aliphatic carbocycles. The molecule has 1 atom stereocenters. The molecule has 0 aromatic heterocycles. The average molecular weight is 327 g/mol. The number of aryl methyl sites for hydroxylation is 1. The standard InChI is InChI=1S/C15H23BrN2O/c1-3-12-9-13(16)5-6-15(12)17-10-14-11-18(4-2)7-8-19-14/h5-6,9,14,17H,3-4,7-8,10-11H2,1-2H3. The highest BCUT2D eigenvalue weighted by atomic mass is 79.9. The molecule has 1 heterocycles. The zero-order valence-electron chi connectivity index (χ0n) is 11.8. The molecule has 19 heavy (non-hydrogen) atoms. The molecule has 1 unspecified atom stereocenters. The predicted molar refractivity (Wildman–Crippen MR) is 83.9 cm³/mol. The van der Waals surface area contributed by atoms with E-state index < -0.39 is 0 Å². The highest BCUT2D eigenvalue weighted by Crippen LogP contribution is 2.21. The maximum atomic E-state index is 5.82. The number of halogens is 1. The molecule has 0 amide bonds. The second kappa shape index (κ2) is 7.27. The first-order valence-corrected chi connectivity index (χ1v) is 7.88. The van der Waals surface area contributed by atoms with Crippen LogP contribution in [0.1, 0.15) is 19.4 Å². The van der Waals surface area contributed by atoms with Crippen LogP contribution in [0.2, 0.25) is 0 Å². The Morgan fingerprint density at radius 1 is 1.42 bits per heavy atom. The van der Waals surface area contributed by atoms with Gasteiger partial charge >= 0.3 is 0 Å². The van der Waals surface area contributed by atoms with Crippen molar-refractivity contribution in [2.45, 2.75) is 26.4 Å². The van der Waals surface area contributed by atoms with E-state index in [4.69, 9.17) is 4.74 Å². The molecule has 0 bridgehead atoms. The minimum absolute atomic E-state index is 0.294. The van der Waals surface area contributed by atoms with Crippen LogP contribution in [-0.2, 0) is 11.2 Å². The van der Waals surface area contributed by atoms with E-state index in [0.29, 0.717) is 6.10 Å². The highest BCUT2D eigenvalue weighted by Gasteiger charge is 2.19. The molecule has 1 N–H and O–H groups in total. The molecular weight excluding hydrogens is 304 g/mol. The van der Waals surface area contributed by atoms with Crippen LogP contribution in [0, 0.1) is 0 Å². The predicted octanol–water partition coefficient (Wildman–Crippen LogP) is 3.14. The lowest BCUT2D eigenvalue weighted by Crippen LogP contribution is -2.45. The third-order valence-electron chi connectivity index (χ3n) is 3.64. The minimum Gasteiger partial charge on any atom is -0.382 e. The van der Waals surface area contributed by atoms with Crippen LogP contribution < -0.4 is 5.32 Å². The van der Waals surface area contributed by atoms with Crippen molar-refractivity contribution < 1.29 is 4.74 Å². The SMILES string of the molecule is CCc1cc(Br)ccc1NCC1CN(CC)CCO1. The van der Waals surface area contributed by atoms with Gasteiger partial charge in [-0.05, 0) is 36.7 Å². The monoisotopic (exact) mass is 326 g/mol. The molecule has 0 radical (unpaired) electrons. The first kappa shape index (κ1) is 14.8. The molecule has 1 aromatic rings. The summed E-state index contributed by atoms with van der Waals surface area (Å²) in [5.41, 5.74) is 2.57. The summed E-state index contributed by atoms with van der Waals surface area (Å²) in [5.74, 6) is 0. The van der Waals surface area contributed by atoms with Crippen molar-refractivity contribution in [3.63, 3.8) is 0 Å². The first-order chi connectivity index (χ1) is 9.22. The van der Waals surface area contributed by atoms with E-state index in [2.05, 4.69) is 58.2 Å². The van der Waals surface area contributed by atoms with E-state index in [-0.39, 0.29) is 0 Å². The Bertz CT molecular complexity index is 411. The normalized spacial score (nSPS) is 20.5. The number of hydrogen-bond acceptors (Lipinski definition) is 3. The van der Waals surface area contributed by atoms with Crippen LogP contribution in [0.15, 0.2) is 22.7 Å². The maximum absolute atomic E-state index is 5.82. The number of nitrogens with one attached hydrogen (secondary N) is 1. The Balaban J connectivity index is 1.91. The largest absolute Gasteiger partial charge is 0.382 e. The number of benzene rings is 1. The van der Waals surface area contributed by atoms with Crippen LogP contribution in [0.3, 0.4) is 0 Å². The van der Waals surface area contributed by atoms with E-state index in [9.17, 15) is 0 Å². The number of ether oxygens (including phenoxy) is 1. The Kier molecular flexibility index (Phi) is 5.67. The zero-order chi connectivity index (χ0) is 13.7. The zero-order valence-corrected chi connectivity index (χ0v) is 13.4. The third kappa shape index (κ3) is 4.20. The molecule has 4 heteroatoms. The van der Waals surface area contributed by atoms with E-state index in [1.807, 2.05) is 0 Å². The van der Waals surface area contributed by atoms with Crippen LogP contribution in [0.4, 0.5) is 5.69 Å². The number of nitrogens with zero attached hydrogens (tertiary/aromatic N) is 1. The number of likely N-dealkylation sites (N-methyl/N-ethyl adjacent to an activating group) is 1. The first-order valence-electron chi connectivity index (χ1n) is 7.09. The summed E-state index contributed by atoms with van der Waals surface area (Å²) >= 11 is 3.52. The molecule has 0 spiro atoms. The summed E-state index contributed by atoms with van der Waals surface area (Å²) < 4.78 is 6.96. The molecule has 1 saturated heterocycles. The summed E-state index contributed by atoms with van der Waals surface area (Å²) in [6.07, 6.45) is 1.33. The Hall–Kier alpha value is -0.580. The van der Waals surface area contributed by atoms with Crippen LogP contribution in [-0.4, -0.2) is 43.8 Å². The van der Waals surface area contributed by atoms with Crippen molar-refractivity contribution in [2.24, 2.45) is 0 Å². The highest BCUT2D eigenvalue weighted by molar-refractivity contribution is 9.10. The fourth-order valence-electron chi connectivity index (χ4n) is 2.44. The van der Waals surface area contributed by atoms with Crippen molar-refractivity contribution in [3.8, 4) is 0 Å². The third-order valence-corrected chi connectivity index (χ3v) is 4.13. The van der Waals surface area contributed by atoms with Gasteiger partial charge in [-0.15, -0.1) is 0 Å². The van der Waals surface area contributed by atoms with Gasteiger partial charge in [-0.3, -0.25) is 4.90 Å². The van der Waals surface area contributed by atoms with Crippen molar-refractivity contribution in [3.05, 3.63) is 28.2 Å². The maximum Gasteiger partial charge on any atom is 0.0874 e. The van der Waals surface area contributed by atoms with Gasteiger partial charge in [0.1, 0.15) is 0 Å². The van der Waals surface area contributed by atoms with E-state index in [1.165, 1.54) is 11.3 Å². The number of rotatable bonds is 5. The minimum atomic E-state index is 0.294. The van der Waals surface area contributed by atoms with Crippen molar-refractivity contribution >= 4 is 21.6 Å². The second-order valence-corrected chi connectivity index (χ2v) is 5.84. The van der Waals surface area contributed by atoms with Crippen LogP contribution >= 0.6 is 15.9 Å². The quantitative estimate of drug-likeness (QED) is 0.899. The van der Waals surface area contributed by atoms with Gasteiger partial charge in [-0.25, -0.2) is 0 Å². The second-order valence-electron chi connectivity index (χ2n) is 4.92. The number of anilines is 1. The van der Waals surface area contributed by atoms with Crippen LogP contribution in [0.5, 0.6) is 0 Å². The molecule has 1 aliphatic rings. The fourth-order valence-corrected chi connectivity index (χ4v) is 2.85. The van der Waals surface area contributed by atoms with Gasteiger partial charge in [0.25, 0.3) is 0 Å². The van der Waals surface area contributed by atoms with Crippen molar-refractivity contribution in [2.75, 3.05) is 38.1 Å². The molecular formula is C15H23BrN2O. The smallest absolute Gasteiger partial charge is 0.0874 e. The summed E-state index contributed by atoms with van der Waals surface area (Å²) in [6.45, 7) is 9.32. The molecule has 0 saturated carbocycles. The Labute approximate surface area is 124 Å². The molecule has 106 valence electrons. The van der Waals surface area contributed by atoms with Gasteiger partial charge < -0.3 is 10.1 Å². The van der Waals surface area contributed by atoms with E-state index in [0.717, 1.165) is 43.7 Å². The topological polar surface area (TPSA) is 24.5 Å². The summed E-state index contributed by atoms with van der Waals surface area (Å²) in [6, 6.07) is 6.41. The lowest BCUT2D eigenvalue weighted by Gasteiger charge is -2.32. The van der Waals surface area contributed by atoms with Gasteiger partial charge in [0.2, 0.25) is 0 Å². The van der Waals surface area contributed by atoms with Gasteiger partial charge in [-0.1, -0.05) is 29.8 Å². The summed E-state index contributed by atoms with van der Waals surface area (Å²) in [4.78, 5) is 2.44. The van der Waals surface area contributed by atoms with Gasteiger partial charge in [-0.2, -0.15) is 0 Å². The van der Waals surface area contributed by atoms with Crippen molar-refractivity contribution in [1.82, 2.24) is 4.90 Å². The van der Waals surface area contributed by atoms with Gasteiger partial charge in [0.15, 0.2) is 0 Å². The molecule has 1 aromatic carbocycles.